The lowest BCUT2D eigenvalue weighted by Gasteiger charge is -2.41. The Morgan fingerprint density at radius 2 is 1.79 bits per heavy atom. The van der Waals surface area contributed by atoms with Gasteiger partial charge in [0.15, 0.2) is 0 Å². The zero-order valence-electron chi connectivity index (χ0n) is 33.8. The summed E-state index contributed by atoms with van der Waals surface area (Å²) in [6, 6.07) is 19.7. The van der Waals surface area contributed by atoms with E-state index in [9.17, 15) is 4.79 Å². The minimum atomic E-state index is -1.20. The second-order valence-corrected chi connectivity index (χ2v) is 23.9. The SMILES string of the molecule is COC(=O)c1ccc(N2CCN(CC3=C(c4ccc(Cl)cc4)CC(C)(C)CC3)CC2)cc1N1c2cc3ccn(COCC[Si](C)(C)C)c3nc2O[C@H]2COC[C@@H]21. The zero-order valence-corrected chi connectivity index (χ0v) is 35.5. The summed E-state index contributed by atoms with van der Waals surface area (Å²) in [7, 11) is 0.243. The highest BCUT2D eigenvalue weighted by Crippen LogP contribution is 2.46. The molecule has 0 amide bonds. The molecule has 0 bridgehead atoms. The van der Waals surface area contributed by atoms with E-state index in [4.69, 9.17) is 35.5 Å². The first kappa shape index (κ1) is 39.0. The van der Waals surface area contributed by atoms with Crippen LogP contribution < -0.4 is 14.5 Å². The molecule has 0 saturated carbocycles. The number of aromatic nitrogens is 2. The third-order valence-electron chi connectivity index (χ3n) is 11.9. The number of ether oxygens (including phenoxy) is 4. The number of rotatable bonds is 11. The average Bonchev–Trinajstić information content (AvgIpc) is 3.81. The van der Waals surface area contributed by atoms with Crippen LogP contribution in [0.5, 0.6) is 5.88 Å². The van der Waals surface area contributed by atoms with Crippen LogP contribution >= 0.6 is 11.6 Å². The number of hydrogen-bond donors (Lipinski definition) is 0. The highest BCUT2D eigenvalue weighted by Gasteiger charge is 2.43. The van der Waals surface area contributed by atoms with Crippen LogP contribution in [-0.2, 0) is 20.9 Å². The number of piperazine rings is 1. The Balaban J connectivity index is 1.05. The van der Waals surface area contributed by atoms with Crippen LogP contribution in [-0.4, -0.2) is 100 Å². The molecule has 0 radical (unpaired) electrons. The summed E-state index contributed by atoms with van der Waals surface area (Å²) in [6.45, 7) is 18.6. The maximum absolute atomic E-state index is 13.4. The van der Waals surface area contributed by atoms with Gasteiger partial charge in [0.1, 0.15) is 24.2 Å². The van der Waals surface area contributed by atoms with Gasteiger partial charge in [-0.25, -0.2) is 4.79 Å². The first-order valence-electron chi connectivity index (χ1n) is 20.1. The van der Waals surface area contributed by atoms with E-state index < -0.39 is 8.07 Å². The smallest absolute Gasteiger partial charge is 0.339 e. The molecule has 2 aromatic heterocycles. The number of fused-ring (bicyclic) bond motifs is 3. The lowest BCUT2D eigenvalue weighted by Crippen LogP contribution is -2.48. The van der Waals surface area contributed by atoms with Crippen molar-refractivity contribution in [2.75, 3.05) is 69.5 Å². The molecule has 2 fully saturated rings. The Hall–Kier alpha value is -3.87. The Morgan fingerprint density at radius 3 is 2.54 bits per heavy atom. The summed E-state index contributed by atoms with van der Waals surface area (Å²) in [5.74, 6) is 0.149. The molecule has 0 N–H and O–H groups in total. The molecule has 3 aliphatic heterocycles. The second kappa shape index (κ2) is 15.8. The van der Waals surface area contributed by atoms with Crippen molar-refractivity contribution >= 4 is 59.3 Å². The Labute approximate surface area is 337 Å². The van der Waals surface area contributed by atoms with Gasteiger partial charge in [-0.05, 0) is 84.3 Å². The van der Waals surface area contributed by atoms with Crippen molar-refractivity contribution in [1.82, 2.24) is 14.5 Å². The molecular weight excluding hydrogens is 742 g/mol. The fourth-order valence-corrected chi connectivity index (χ4v) is 9.48. The van der Waals surface area contributed by atoms with E-state index in [1.807, 2.05) is 29.0 Å². The van der Waals surface area contributed by atoms with Gasteiger partial charge in [0.05, 0.1) is 37.6 Å². The van der Waals surface area contributed by atoms with Crippen LogP contribution in [0, 0.1) is 5.41 Å². The van der Waals surface area contributed by atoms with Crippen molar-refractivity contribution in [3.05, 3.63) is 82.5 Å². The normalized spacial score (nSPS) is 21.3. The number of allylic oxidation sites excluding steroid dienone is 1. The van der Waals surface area contributed by atoms with Crippen LogP contribution in [0.4, 0.5) is 17.1 Å². The first-order chi connectivity index (χ1) is 26.9. The van der Waals surface area contributed by atoms with E-state index in [0.717, 1.165) is 91.3 Å². The molecule has 12 heteroatoms. The minimum absolute atomic E-state index is 0.132. The van der Waals surface area contributed by atoms with Crippen LogP contribution in [0.1, 0.15) is 49.0 Å². The summed E-state index contributed by atoms with van der Waals surface area (Å²) in [5, 5.41) is 1.75. The Bertz CT molecular complexity index is 2100. The number of anilines is 3. The number of halogens is 1. The number of pyridine rings is 1. The maximum atomic E-state index is 13.4. The minimum Gasteiger partial charge on any atom is -0.468 e. The fourth-order valence-electron chi connectivity index (χ4n) is 8.59. The number of benzene rings is 2. The standard InChI is InChI=1S/C44H56ClN5O5Si/c1-44(2)15-13-32(36(25-44)30-7-9-33(45)10-8-30)26-47-17-19-48(20-18-47)34-11-12-35(43(51)52-3)37(24-34)50-38-23-31-14-16-49(29-53-21-22-56(4,5)6)41(31)46-42(38)55-40-28-54-27-39(40)50/h7-12,14,16,23-24,39-40H,13,15,17-22,25-29H2,1-6H3/t39-,40-/m0/s1. The van der Waals surface area contributed by atoms with Gasteiger partial charge in [-0.15, -0.1) is 0 Å². The van der Waals surface area contributed by atoms with Crippen molar-refractivity contribution in [1.29, 1.82) is 0 Å². The van der Waals surface area contributed by atoms with Gasteiger partial charge in [-0.1, -0.05) is 62.8 Å². The van der Waals surface area contributed by atoms with E-state index in [-0.39, 0.29) is 23.5 Å². The van der Waals surface area contributed by atoms with Crippen molar-refractivity contribution < 1.29 is 23.7 Å². The first-order valence-corrected chi connectivity index (χ1v) is 24.2. The quantitative estimate of drug-likeness (QED) is 0.0840. The summed E-state index contributed by atoms with van der Waals surface area (Å²) >= 11 is 6.27. The van der Waals surface area contributed by atoms with Gasteiger partial charge in [0, 0.05) is 69.7 Å². The van der Waals surface area contributed by atoms with E-state index in [1.54, 1.807) is 5.57 Å². The number of carbonyl (C=O) groups excluding carboxylic acids is 1. The van der Waals surface area contributed by atoms with E-state index >= 15 is 0 Å². The number of methoxy groups -OCH3 is 1. The molecule has 4 aliphatic rings. The second-order valence-electron chi connectivity index (χ2n) is 17.9. The highest BCUT2D eigenvalue weighted by molar-refractivity contribution is 6.76. The monoisotopic (exact) mass is 797 g/mol. The molecule has 0 spiro atoms. The highest BCUT2D eigenvalue weighted by atomic mass is 35.5. The Morgan fingerprint density at radius 1 is 1.00 bits per heavy atom. The van der Waals surface area contributed by atoms with Gasteiger partial charge in [-0.3, -0.25) is 4.90 Å². The number of hydrogen-bond acceptors (Lipinski definition) is 9. The lowest BCUT2D eigenvalue weighted by molar-refractivity contribution is 0.0601. The van der Waals surface area contributed by atoms with Crippen LogP contribution in [0.3, 0.4) is 0 Å². The fraction of sp³-hybridized carbons (Fsp3) is 0.500. The molecule has 2 atom stereocenters. The van der Waals surface area contributed by atoms with Gasteiger partial charge in [-0.2, -0.15) is 4.98 Å². The van der Waals surface area contributed by atoms with Gasteiger partial charge in [0.2, 0.25) is 5.88 Å². The molecule has 8 rings (SSSR count). The molecule has 0 unspecified atom stereocenters. The van der Waals surface area contributed by atoms with Gasteiger partial charge >= 0.3 is 5.97 Å². The van der Waals surface area contributed by atoms with Gasteiger partial charge < -0.3 is 33.3 Å². The molecule has 2 aromatic carbocycles. The van der Waals surface area contributed by atoms with Crippen LogP contribution in [0.2, 0.25) is 30.7 Å². The topological polar surface area (TPSA) is 81.5 Å². The van der Waals surface area contributed by atoms with Crippen molar-refractivity contribution in [2.45, 2.75) is 77.7 Å². The van der Waals surface area contributed by atoms with Crippen molar-refractivity contribution in [3.63, 3.8) is 0 Å². The van der Waals surface area contributed by atoms with E-state index in [1.165, 1.54) is 24.7 Å². The largest absolute Gasteiger partial charge is 0.468 e. The number of nitrogens with zero attached hydrogens (tertiary/aromatic N) is 5. The third kappa shape index (κ3) is 8.25. The maximum Gasteiger partial charge on any atom is 0.339 e. The number of esters is 1. The molecular formula is C44H56ClN5O5Si. The molecule has 10 nitrogen and oxygen atoms in total. The molecule has 56 heavy (non-hydrogen) atoms. The van der Waals surface area contributed by atoms with E-state index in [0.29, 0.717) is 31.4 Å². The van der Waals surface area contributed by atoms with Crippen molar-refractivity contribution in [2.24, 2.45) is 5.41 Å². The zero-order chi connectivity index (χ0) is 39.2. The number of carbonyl (C=O) groups is 1. The molecule has 1 aliphatic carbocycles. The summed E-state index contributed by atoms with van der Waals surface area (Å²) in [5.41, 5.74) is 8.59. The molecule has 4 aromatic rings. The molecule has 2 saturated heterocycles. The average molecular weight is 799 g/mol. The van der Waals surface area contributed by atoms with Crippen LogP contribution in [0.25, 0.3) is 16.6 Å². The predicted octanol–water partition coefficient (Wildman–Crippen LogP) is 8.87. The van der Waals surface area contributed by atoms with Crippen LogP contribution in [0.15, 0.2) is 66.4 Å². The summed E-state index contributed by atoms with van der Waals surface area (Å²) < 4.78 is 26.0. The summed E-state index contributed by atoms with van der Waals surface area (Å²) in [6.07, 6.45) is 5.19. The Kier molecular flexibility index (Phi) is 11.0. The molecule has 5 heterocycles. The lowest BCUT2D eigenvalue weighted by atomic mass is 9.72. The van der Waals surface area contributed by atoms with Crippen molar-refractivity contribution in [3.8, 4) is 5.88 Å². The summed E-state index contributed by atoms with van der Waals surface area (Å²) in [4.78, 5) is 25.7. The van der Waals surface area contributed by atoms with Gasteiger partial charge in [0.25, 0.3) is 0 Å². The third-order valence-corrected chi connectivity index (χ3v) is 13.9. The predicted molar refractivity (Wildman–Crippen MR) is 227 cm³/mol. The van der Waals surface area contributed by atoms with E-state index in [2.05, 4.69) is 84.6 Å². The molecule has 298 valence electrons.